The molecule has 5 heteroatoms. The normalized spacial score (nSPS) is 15.5. The molecule has 0 heterocycles. The van der Waals surface area contributed by atoms with Crippen LogP contribution in [-0.4, -0.2) is 45.2 Å². The molecule has 2 unspecified atom stereocenters. The molecule has 0 spiro atoms. The maximum Gasteiger partial charge on any atom is 0.332 e. The summed E-state index contributed by atoms with van der Waals surface area (Å²) < 4.78 is 0. The van der Waals surface area contributed by atoms with Gasteiger partial charge in [0.2, 0.25) is 0 Å². The fourth-order valence-corrected chi connectivity index (χ4v) is 0.864. The van der Waals surface area contributed by atoms with E-state index in [0.717, 1.165) is 0 Å². The Bertz CT molecular complexity index is 192. The number of hydrogen-bond acceptors (Lipinski definition) is 4. The third kappa shape index (κ3) is 4.02. The van der Waals surface area contributed by atoms with Crippen LogP contribution in [0, 0.1) is 0 Å². The maximum absolute atomic E-state index is 10.4. The summed E-state index contributed by atoms with van der Waals surface area (Å²) >= 11 is 0. The number of aliphatic hydroxyl groups excluding tert-OH is 2. The van der Waals surface area contributed by atoms with E-state index in [1.165, 1.54) is 18.7 Å². The molecule has 0 aliphatic heterocycles. The van der Waals surface area contributed by atoms with E-state index in [1.807, 2.05) is 0 Å². The summed E-state index contributed by atoms with van der Waals surface area (Å²) in [5, 5.41) is 26.8. The summed E-state index contributed by atoms with van der Waals surface area (Å²) in [6.07, 6.45) is -1.81. The molecule has 0 aromatic rings. The number of aliphatic carboxylic acids is 1. The fraction of sp³-hybridized carbons (Fsp3) is 0.625. The van der Waals surface area contributed by atoms with E-state index in [1.54, 1.807) is 0 Å². The van der Waals surface area contributed by atoms with Crippen molar-refractivity contribution < 1.29 is 20.1 Å². The van der Waals surface area contributed by atoms with Gasteiger partial charge in [-0.25, -0.2) is 9.69 Å². The molecule has 13 heavy (non-hydrogen) atoms. The third-order valence-electron chi connectivity index (χ3n) is 1.64. The number of nitrogens with zero attached hydrogens (tertiary/aromatic N) is 1. The zero-order valence-electron chi connectivity index (χ0n) is 7.77. The minimum absolute atomic E-state index is 0.0648. The maximum atomic E-state index is 10.4. The summed E-state index contributed by atoms with van der Waals surface area (Å²) in [5.41, 5.74) is -0.0678. The second-order valence-electron chi connectivity index (χ2n) is 2.84. The molecule has 0 rings (SSSR count). The summed E-state index contributed by atoms with van der Waals surface area (Å²) in [6.45, 7) is 6.12. The van der Waals surface area contributed by atoms with Gasteiger partial charge in [-0.1, -0.05) is 6.58 Å². The van der Waals surface area contributed by atoms with E-state index in [-0.39, 0.29) is 12.1 Å². The van der Waals surface area contributed by atoms with Crippen molar-refractivity contribution in [1.29, 1.82) is 0 Å². The number of carboxylic acid groups (broad SMARTS) is 1. The SMILES string of the molecule is C=C(CN(C(C)O)C(C)O)C(=O)O. The molecule has 0 saturated carbocycles. The first kappa shape index (κ1) is 12.1. The molecule has 0 radical (unpaired) electrons. The number of carbonyl (C=O) groups is 1. The van der Waals surface area contributed by atoms with E-state index in [4.69, 9.17) is 15.3 Å². The van der Waals surface area contributed by atoms with Crippen molar-refractivity contribution in [2.24, 2.45) is 0 Å². The van der Waals surface area contributed by atoms with Crippen LogP contribution in [0.5, 0.6) is 0 Å². The van der Waals surface area contributed by atoms with Gasteiger partial charge in [-0.2, -0.15) is 0 Å². The number of aliphatic hydroxyl groups is 2. The molecule has 0 aromatic heterocycles. The van der Waals surface area contributed by atoms with Gasteiger partial charge in [-0.3, -0.25) is 0 Å². The summed E-state index contributed by atoms with van der Waals surface area (Å²) in [4.78, 5) is 11.6. The molecule has 0 saturated heterocycles. The Morgan fingerprint density at radius 3 is 2.00 bits per heavy atom. The minimum atomic E-state index is -1.13. The second kappa shape index (κ2) is 4.96. The van der Waals surface area contributed by atoms with E-state index < -0.39 is 18.4 Å². The Hall–Kier alpha value is -0.910. The Kier molecular flexibility index (Phi) is 4.61. The van der Waals surface area contributed by atoms with Crippen molar-refractivity contribution >= 4 is 5.97 Å². The topological polar surface area (TPSA) is 81.0 Å². The highest BCUT2D eigenvalue weighted by molar-refractivity contribution is 5.86. The summed E-state index contributed by atoms with van der Waals surface area (Å²) in [6, 6.07) is 0. The zero-order valence-corrected chi connectivity index (χ0v) is 7.77. The van der Waals surface area contributed by atoms with Crippen molar-refractivity contribution in [1.82, 2.24) is 4.90 Å². The van der Waals surface area contributed by atoms with Crippen molar-refractivity contribution in [2.75, 3.05) is 6.54 Å². The molecule has 76 valence electrons. The summed E-state index contributed by atoms with van der Waals surface area (Å²) in [5.74, 6) is -1.13. The van der Waals surface area contributed by atoms with Gasteiger partial charge in [0.25, 0.3) is 0 Å². The lowest BCUT2D eigenvalue weighted by Gasteiger charge is -2.27. The van der Waals surface area contributed by atoms with Gasteiger partial charge < -0.3 is 15.3 Å². The van der Waals surface area contributed by atoms with Gasteiger partial charge in [0, 0.05) is 12.1 Å². The minimum Gasteiger partial charge on any atom is -0.478 e. The van der Waals surface area contributed by atoms with Crippen molar-refractivity contribution in [3.8, 4) is 0 Å². The third-order valence-corrected chi connectivity index (χ3v) is 1.64. The molecule has 2 atom stereocenters. The van der Waals surface area contributed by atoms with Gasteiger partial charge >= 0.3 is 5.97 Å². The molecule has 0 bridgehead atoms. The van der Waals surface area contributed by atoms with Gasteiger partial charge in [0.1, 0.15) is 12.5 Å². The van der Waals surface area contributed by atoms with Crippen molar-refractivity contribution in [3.63, 3.8) is 0 Å². The van der Waals surface area contributed by atoms with Gasteiger partial charge in [-0.15, -0.1) is 0 Å². The van der Waals surface area contributed by atoms with Gasteiger partial charge in [0.05, 0.1) is 0 Å². The van der Waals surface area contributed by atoms with Crippen molar-refractivity contribution in [3.05, 3.63) is 12.2 Å². The lowest BCUT2D eigenvalue weighted by Crippen LogP contribution is -2.42. The highest BCUT2D eigenvalue weighted by atomic mass is 16.4. The molecule has 0 aromatic carbocycles. The first-order valence-electron chi connectivity index (χ1n) is 3.89. The van der Waals surface area contributed by atoms with E-state index >= 15 is 0 Å². The molecular formula is C8H15NO4. The monoisotopic (exact) mass is 189 g/mol. The van der Waals surface area contributed by atoms with Crippen LogP contribution in [0.1, 0.15) is 13.8 Å². The molecule has 3 N–H and O–H groups in total. The first-order valence-corrected chi connectivity index (χ1v) is 3.89. The zero-order chi connectivity index (χ0) is 10.6. The van der Waals surface area contributed by atoms with Gasteiger partial charge in [-0.05, 0) is 13.8 Å². The van der Waals surface area contributed by atoms with E-state index in [2.05, 4.69) is 6.58 Å². The number of hydrogen-bond donors (Lipinski definition) is 3. The smallest absolute Gasteiger partial charge is 0.332 e. The number of rotatable bonds is 5. The molecular weight excluding hydrogens is 174 g/mol. The van der Waals surface area contributed by atoms with Crippen LogP contribution in [0.4, 0.5) is 0 Å². The Morgan fingerprint density at radius 1 is 1.38 bits per heavy atom. The predicted octanol–water partition coefficient (Wildman–Crippen LogP) is -0.394. The van der Waals surface area contributed by atoms with Crippen LogP contribution in [0.15, 0.2) is 12.2 Å². The quantitative estimate of drug-likeness (QED) is 0.405. The van der Waals surface area contributed by atoms with Crippen LogP contribution in [0.25, 0.3) is 0 Å². The number of carboxylic acids is 1. The molecule has 0 amide bonds. The molecule has 5 nitrogen and oxygen atoms in total. The fourth-order valence-electron chi connectivity index (χ4n) is 0.864. The second-order valence-corrected chi connectivity index (χ2v) is 2.84. The largest absolute Gasteiger partial charge is 0.478 e. The Labute approximate surface area is 76.9 Å². The van der Waals surface area contributed by atoms with Gasteiger partial charge in [0.15, 0.2) is 0 Å². The molecule has 0 aliphatic carbocycles. The Morgan fingerprint density at radius 2 is 1.77 bits per heavy atom. The lowest BCUT2D eigenvalue weighted by atomic mass is 10.2. The summed E-state index contributed by atoms with van der Waals surface area (Å²) in [7, 11) is 0. The van der Waals surface area contributed by atoms with Crippen LogP contribution in [0.2, 0.25) is 0 Å². The van der Waals surface area contributed by atoms with E-state index in [0.29, 0.717) is 0 Å². The average Bonchev–Trinajstić information content (AvgIpc) is 1.97. The van der Waals surface area contributed by atoms with Crippen LogP contribution < -0.4 is 0 Å². The van der Waals surface area contributed by atoms with Crippen LogP contribution in [-0.2, 0) is 4.79 Å². The lowest BCUT2D eigenvalue weighted by molar-refractivity contribution is -0.134. The van der Waals surface area contributed by atoms with E-state index in [9.17, 15) is 4.79 Å². The Balaban J connectivity index is 4.27. The predicted molar refractivity (Wildman–Crippen MR) is 46.8 cm³/mol. The van der Waals surface area contributed by atoms with Crippen LogP contribution in [0.3, 0.4) is 0 Å². The standard InChI is InChI=1S/C8H15NO4/c1-5(8(12)13)4-9(6(2)10)7(3)11/h6-7,10-11H,1,4H2,2-3H3,(H,12,13). The van der Waals surface area contributed by atoms with Crippen LogP contribution >= 0.6 is 0 Å². The molecule has 0 fully saturated rings. The molecule has 0 aliphatic rings. The highest BCUT2D eigenvalue weighted by Crippen LogP contribution is 2.04. The average molecular weight is 189 g/mol. The first-order chi connectivity index (χ1) is 5.86. The van der Waals surface area contributed by atoms with Crippen molar-refractivity contribution in [2.45, 2.75) is 26.3 Å². The highest BCUT2D eigenvalue weighted by Gasteiger charge is 2.19.